The monoisotopic (exact) mass is 690 g/mol. The fraction of sp³-hybridized carbons (Fsp3) is 0.588. The standard InChI is InChI=1S/C34H47IN2O5/c1-34(2,27-6-4-3-5-7-27)28-12-18-31(19-13-28)41-22-20-40-21-23-42-33(39)37-30-16-10-26(11-17-30)24-25-8-14-29(15-9-25)36-32(35)38/h3-7,12-13,18-19,25-26,29-30H,8-11,14-17,20-24H2,1-2H3,(H,36,38)(H,37,39). The van der Waals surface area contributed by atoms with E-state index in [1.807, 2.05) is 40.8 Å². The molecule has 0 spiro atoms. The normalized spacial score (nSPS) is 22.6. The van der Waals surface area contributed by atoms with E-state index in [4.69, 9.17) is 14.2 Å². The molecule has 0 aliphatic heterocycles. The molecular formula is C34H47IN2O5. The van der Waals surface area contributed by atoms with Crippen molar-refractivity contribution in [3.05, 3.63) is 65.7 Å². The van der Waals surface area contributed by atoms with Gasteiger partial charge in [-0.25, -0.2) is 4.79 Å². The maximum Gasteiger partial charge on any atom is 0.407 e. The number of carbonyl (C=O) groups is 2. The van der Waals surface area contributed by atoms with Crippen molar-refractivity contribution in [2.45, 2.75) is 89.1 Å². The number of alkyl carbamates (subject to hydrolysis) is 1. The van der Waals surface area contributed by atoms with Crippen LogP contribution in [0.2, 0.25) is 0 Å². The third-order valence-electron chi connectivity index (χ3n) is 9.03. The van der Waals surface area contributed by atoms with Crippen LogP contribution in [0.1, 0.15) is 82.8 Å². The third-order valence-corrected chi connectivity index (χ3v) is 9.34. The van der Waals surface area contributed by atoms with E-state index in [1.165, 1.54) is 30.4 Å². The highest BCUT2D eigenvalue weighted by atomic mass is 127. The van der Waals surface area contributed by atoms with Crippen LogP contribution in [0.25, 0.3) is 0 Å². The van der Waals surface area contributed by atoms with Gasteiger partial charge in [-0.2, -0.15) is 0 Å². The molecule has 2 saturated carbocycles. The molecular weight excluding hydrogens is 643 g/mol. The Morgan fingerprint density at radius 2 is 1.29 bits per heavy atom. The summed E-state index contributed by atoms with van der Waals surface area (Å²) in [5, 5.41) is 6.09. The Hall–Kier alpha value is -2.33. The molecule has 0 bridgehead atoms. The lowest BCUT2D eigenvalue weighted by molar-refractivity contribution is 0.0561. The van der Waals surface area contributed by atoms with Crippen LogP contribution in [0.4, 0.5) is 9.59 Å². The first-order chi connectivity index (χ1) is 20.3. The summed E-state index contributed by atoms with van der Waals surface area (Å²) < 4.78 is 16.8. The van der Waals surface area contributed by atoms with E-state index in [0.717, 1.165) is 56.1 Å². The maximum atomic E-state index is 12.2. The van der Waals surface area contributed by atoms with E-state index in [2.05, 4.69) is 60.9 Å². The molecule has 2 fully saturated rings. The summed E-state index contributed by atoms with van der Waals surface area (Å²) in [6.45, 7) is 5.89. The second-order valence-corrected chi connectivity index (χ2v) is 13.3. The van der Waals surface area contributed by atoms with Gasteiger partial charge in [0.15, 0.2) is 0 Å². The molecule has 8 heteroatoms. The molecule has 0 aromatic heterocycles. The van der Waals surface area contributed by atoms with Gasteiger partial charge < -0.3 is 24.8 Å². The van der Waals surface area contributed by atoms with Crippen LogP contribution in [-0.2, 0) is 14.9 Å². The Morgan fingerprint density at radius 1 is 0.738 bits per heavy atom. The predicted octanol–water partition coefficient (Wildman–Crippen LogP) is 7.79. The average molecular weight is 691 g/mol. The number of hydrogen-bond acceptors (Lipinski definition) is 5. The Labute approximate surface area is 265 Å². The second-order valence-electron chi connectivity index (χ2n) is 12.3. The lowest BCUT2D eigenvalue weighted by Gasteiger charge is -2.34. The van der Waals surface area contributed by atoms with Crippen molar-refractivity contribution in [1.29, 1.82) is 0 Å². The van der Waals surface area contributed by atoms with E-state index >= 15 is 0 Å². The Kier molecular flexibility index (Phi) is 12.8. The molecule has 0 radical (unpaired) electrons. The van der Waals surface area contributed by atoms with Crippen LogP contribution in [0.5, 0.6) is 5.75 Å². The molecule has 230 valence electrons. The molecule has 2 aliphatic carbocycles. The quantitative estimate of drug-likeness (QED) is 0.0971. The molecule has 2 N–H and O–H groups in total. The van der Waals surface area contributed by atoms with Crippen LogP contribution in [0.3, 0.4) is 0 Å². The SMILES string of the molecule is CC(C)(c1ccccc1)c1ccc(OCCOCCOC(=O)NC2CCC(CC3CCC(NC(=O)I)CC3)CC2)cc1. The summed E-state index contributed by atoms with van der Waals surface area (Å²) in [5.41, 5.74) is 2.43. The minimum absolute atomic E-state index is 0.0549. The van der Waals surface area contributed by atoms with Crippen LogP contribution < -0.4 is 15.4 Å². The number of benzene rings is 2. The fourth-order valence-electron chi connectivity index (χ4n) is 6.43. The van der Waals surface area contributed by atoms with Gasteiger partial charge in [0.2, 0.25) is 0 Å². The average Bonchev–Trinajstić information content (AvgIpc) is 2.99. The van der Waals surface area contributed by atoms with Crippen LogP contribution >= 0.6 is 22.6 Å². The first kappa shape index (κ1) is 32.6. The van der Waals surface area contributed by atoms with Crippen LogP contribution in [0, 0.1) is 11.8 Å². The number of ether oxygens (including phenoxy) is 3. The second kappa shape index (κ2) is 16.5. The lowest BCUT2D eigenvalue weighted by atomic mass is 9.76. The minimum atomic E-state index is -0.354. The predicted molar refractivity (Wildman–Crippen MR) is 174 cm³/mol. The minimum Gasteiger partial charge on any atom is -0.491 e. The lowest BCUT2D eigenvalue weighted by Crippen LogP contribution is -2.39. The number of carbonyl (C=O) groups excluding carboxylic acids is 2. The fourth-order valence-corrected chi connectivity index (χ4v) is 6.87. The molecule has 0 saturated heterocycles. The summed E-state index contributed by atoms with van der Waals surface area (Å²) in [5.74, 6) is 2.33. The van der Waals surface area contributed by atoms with Gasteiger partial charge in [-0.15, -0.1) is 0 Å². The smallest absolute Gasteiger partial charge is 0.407 e. The van der Waals surface area contributed by atoms with Gasteiger partial charge in [0.1, 0.15) is 19.0 Å². The van der Waals surface area contributed by atoms with Gasteiger partial charge in [0, 0.05) is 40.1 Å². The molecule has 2 aromatic carbocycles. The zero-order valence-corrected chi connectivity index (χ0v) is 27.3. The third kappa shape index (κ3) is 10.4. The van der Waals surface area contributed by atoms with Gasteiger partial charge in [-0.3, -0.25) is 4.79 Å². The van der Waals surface area contributed by atoms with Crippen molar-refractivity contribution in [2.24, 2.45) is 11.8 Å². The zero-order valence-electron chi connectivity index (χ0n) is 25.1. The van der Waals surface area contributed by atoms with Crippen molar-refractivity contribution in [3.63, 3.8) is 0 Å². The van der Waals surface area contributed by atoms with E-state index in [1.54, 1.807) is 0 Å². The van der Waals surface area contributed by atoms with Crippen LogP contribution in [0.15, 0.2) is 54.6 Å². The highest BCUT2D eigenvalue weighted by Gasteiger charge is 2.28. The van der Waals surface area contributed by atoms with Gasteiger partial charge in [0.05, 0.1) is 13.2 Å². The van der Waals surface area contributed by atoms with Crippen molar-refractivity contribution >= 4 is 32.6 Å². The van der Waals surface area contributed by atoms with Gasteiger partial charge in [0.25, 0.3) is 3.91 Å². The first-order valence-corrected chi connectivity index (χ1v) is 16.6. The van der Waals surface area contributed by atoms with Crippen molar-refractivity contribution in [3.8, 4) is 5.75 Å². The summed E-state index contributed by atoms with van der Waals surface area (Å²) in [6, 6.07) is 19.3. The Morgan fingerprint density at radius 3 is 1.88 bits per heavy atom. The van der Waals surface area contributed by atoms with Crippen molar-refractivity contribution in [2.75, 3.05) is 26.4 Å². The van der Waals surface area contributed by atoms with Gasteiger partial charge in [-0.1, -0.05) is 56.3 Å². The van der Waals surface area contributed by atoms with Crippen molar-refractivity contribution < 1.29 is 23.8 Å². The molecule has 2 aromatic rings. The highest BCUT2D eigenvalue weighted by Crippen LogP contribution is 2.36. The first-order valence-electron chi connectivity index (χ1n) is 15.6. The topological polar surface area (TPSA) is 85.9 Å². The zero-order chi connectivity index (χ0) is 29.8. The van der Waals surface area contributed by atoms with E-state index in [9.17, 15) is 9.59 Å². The van der Waals surface area contributed by atoms with E-state index in [-0.39, 0.29) is 28.1 Å². The van der Waals surface area contributed by atoms with E-state index in [0.29, 0.717) is 25.9 Å². The van der Waals surface area contributed by atoms with E-state index < -0.39 is 0 Å². The Balaban J connectivity index is 1.01. The number of halogens is 1. The van der Waals surface area contributed by atoms with Crippen molar-refractivity contribution in [1.82, 2.24) is 10.6 Å². The largest absolute Gasteiger partial charge is 0.491 e. The number of hydrogen-bond donors (Lipinski definition) is 2. The Bertz CT molecular complexity index is 1090. The van der Waals surface area contributed by atoms with Crippen LogP contribution in [-0.4, -0.2) is 48.5 Å². The number of rotatable bonds is 13. The molecule has 2 amide bonds. The molecule has 7 nitrogen and oxygen atoms in total. The molecule has 0 heterocycles. The number of amides is 2. The molecule has 4 rings (SSSR count). The molecule has 2 aliphatic rings. The van der Waals surface area contributed by atoms with Gasteiger partial charge >= 0.3 is 6.09 Å². The summed E-state index contributed by atoms with van der Waals surface area (Å²) in [4.78, 5) is 23.5. The molecule has 0 unspecified atom stereocenters. The summed E-state index contributed by atoms with van der Waals surface area (Å²) >= 11 is 1.82. The summed E-state index contributed by atoms with van der Waals surface area (Å²) in [6.07, 6.45) is 9.88. The molecule has 42 heavy (non-hydrogen) atoms. The van der Waals surface area contributed by atoms with Gasteiger partial charge in [-0.05, 0) is 92.9 Å². The number of nitrogens with one attached hydrogen (secondary N) is 2. The maximum absolute atomic E-state index is 12.2. The molecule has 0 atom stereocenters. The highest BCUT2D eigenvalue weighted by molar-refractivity contribution is 14.1. The summed E-state index contributed by atoms with van der Waals surface area (Å²) in [7, 11) is 0.